The molecular formula is C30H32N6O6S. The highest BCUT2D eigenvalue weighted by molar-refractivity contribution is 7.14. The van der Waals surface area contributed by atoms with Crippen LogP contribution in [0.25, 0.3) is 11.5 Å². The Kier molecular flexibility index (Phi) is 9.00. The Labute approximate surface area is 252 Å². The average molecular weight is 605 g/mol. The van der Waals surface area contributed by atoms with E-state index in [-0.39, 0.29) is 23.8 Å². The zero-order valence-corrected chi connectivity index (χ0v) is 25.1. The molecule has 2 aromatic carbocycles. The fourth-order valence-electron chi connectivity index (χ4n) is 4.57. The second-order valence-electron chi connectivity index (χ2n) is 9.94. The number of amides is 3. The molecule has 1 unspecified atom stereocenters. The number of hydrogen-bond donors (Lipinski definition) is 1. The van der Waals surface area contributed by atoms with Gasteiger partial charge in [-0.25, -0.2) is 4.98 Å². The van der Waals surface area contributed by atoms with Gasteiger partial charge in [0.1, 0.15) is 17.2 Å². The Bertz CT molecular complexity index is 1610. The van der Waals surface area contributed by atoms with Crippen molar-refractivity contribution >= 4 is 34.2 Å². The van der Waals surface area contributed by atoms with E-state index in [0.717, 1.165) is 5.56 Å². The summed E-state index contributed by atoms with van der Waals surface area (Å²) in [6.45, 7) is 7.40. The van der Waals surface area contributed by atoms with Crippen molar-refractivity contribution in [1.82, 2.24) is 25.0 Å². The molecule has 2 aromatic heterocycles. The van der Waals surface area contributed by atoms with E-state index in [0.29, 0.717) is 65.9 Å². The van der Waals surface area contributed by atoms with E-state index in [9.17, 15) is 14.4 Å². The number of nitrogens with one attached hydrogen (secondary N) is 1. The Balaban J connectivity index is 1.34. The molecule has 224 valence electrons. The second-order valence-corrected chi connectivity index (χ2v) is 10.8. The first-order valence-corrected chi connectivity index (χ1v) is 14.8. The molecule has 1 aliphatic rings. The Morgan fingerprint density at radius 3 is 2.49 bits per heavy atom. The van der Waals surface area contributed by atoms with E-state index >= 15 is 0 Å². The third kappa shape index (κ3) is 7.17. The highest BCUT2D eigenvalue weighted by Gasteiger charge is 2.31. The summed E-state index contributed by atoms with van der Waals surface area (Å²) in [5, 5.41) is 12.8. The standard InChI is InChI=1S/C30H32N6O6S/c1-5-36(6-2)26(37)15-21-17-43-30(31-21)32-27(38)20-13-23(16-24(14-20)42-25-11-12-35(4)29(25)39)41-22-9-7-19(8-10-22)28-34-33-18(3)40-28/h7-10,13-14,16-17,25H,5-6,11-12,15H2,1-4H3,(H,31,32,38). The molecule has 0 bridgehead atoms. The van der Waals surface area contributed by atoms with E-state index < -0.39 is 12.0 Å². The number of aromatic nitrogens is 3. The summed E-state index contributed by atoms with van der Waals surface area (Å²) < 4.78 is 17.6. The molecule has 13 heteroatoms. The van der Waals surface area contributed by atoms with Crippen molar-refractivity contribution in [3.63, 3.8) is 0 Å². The van der Waals surface area contributed by atoms with E-state index in [1.165, 1.54) is 11.3 Å². The smallest absolute Gasteiger partial charge is 0.263 e. The fourth-order valence-corrected chi connectivity index (χ4v) is 5.27. The first kappa shape index (κ1) is 29.7. The van der Waals surface area contributed by atoms with Crippen LogP contribution >= 0.6 is 11.3 Å². The molecule has 0 saturated carbocycles. The van der Waals surface area contributed by atoms with Crippen molar-refractivity contribution in [3.05, 3.63) is 65.0 Å². The van der Waals surface area contributed by atoms with Crippen molar-refractivity contribution < 1.29 is 28.3 Å². The van der Waals surface area contributed by atoms with E-state index in [1.807, 2.05) is 13.8 Å². The van der Waals surface area contributed by atoms with Gasteiger partial charge in [-0.3, -0.25) is 19.7 Å². The molecular weight excluding hydrogens is 572 g/mol. The number of ether oxygens (including phenoxy) is 2. The van der Waals surface area contributed by atoms with Crippen LogP contribution in [-0.4, -0.2) is 75.5 Å². The van der Waals surface area contributed by atoms with Crippen molar-refractivity contribution in [1.29, 1.82) is 0 Å². The maximum atomic E-state index is 13.3. The molecule has 1 fully saturated rings. The number of carbonyl (C=O) groups is 3. The molecule has 5 rings (SSSR count). The summed E-state index contributed by atoms with van der Waals surface area (Å²) in [6.07, 6.45) is 0.0368. The van der Waals surface area contributed by atoms with Gasteiger partial charge in [0.05, 0.1) is 12.1 Å². The molecule has 1 aliphatic heterocycles. The van der Waals surface area contributed by atoms with Gasteiger partial charge in [0.25, 0.3) is 11.8 Å². The van der Waals surface area contributed by atoms with Crippen molar-refractivity contribution in [2.75, 3.05) is 32.0 Å². The Morgan fingerprint density at radius 1 is 1.09 bits per heavy atom. The highest BCUT2D eigenvalue weighted by atomic mass is 32.1. The lowest BCUT2D eigenvalue weighted by atomic mass is 10.1. The van der Waals surface area contributed by atoms with Gasteiger partial charge in [-0.15, -0.1) is 21.5 Å². The summed E-state index contributed by atoms with van der Waals surface area (Å²) >= 11 is 1.24. The predicted octanol–water partition coefficient (Wildman–Crippen LogP) is 4.57. The van der Waals surface area contributed by atoms with Gasteiger partial charge in [0, 0.05) is 62.6 Å². The lowest BCUT2D eigenvalue weighted by molar-refractivity contribution is -0.132. The quantitative estimate of drug-likeness (QED) is 0.261. The monoisotopic (exact) mass is 604 g/mol. The van der Waals surface area contributed by atoms with E-state index in [4.69, 9.17) is 13.9 Å². The number of nitrogens with zero attached hydrogens (tertiary/aromatic N) is 5. The van der Waals surface area contributed by atoms with Gasteiger partial charge in [-0.1, -0.05) is 0 Å². The van der Waals surface area contributed by atoms with Crippen molar-refractivity contribution in [2.24, 2.45) is 0 Å². The molecule has 3 amide bonds. The fraction of sp³-hybridized carbons (Fsp3) is 0.333. The SMILES string of the molecule is CCN(CC)C(=O)Cc1csc(NC(=O)c2cc(Oc3ccc(-c4nnc(C)o4)cc3)cc(OC3CCN(C)C3=O)c2)n1. The Morgan fingerprint density at radius 2 is 1.84 bits per heavy atom. The van der Waals surface area contributed by atoms with Gasteiger partial charge in [0.15, 0.2) is 11.2 Å². The molecule has 3 heterocycles. The van der Waals surface area contributed by atoms with Crippen LogP contribution in [0, 0.1) is 6.92 Å². The van der Waals surface area contributed by atoms with Crippen LogP contribution in [0.2, 0.25) is 0 Å². The lowest BCUT2D eigenvalue weighted by Gasteiger charge is -2.17. The van der Waals surface area contributed by atoms with Gasteiger partial charge < -0.3 is 23.7 Å². The van der Waals surface area contributed by atoms with Crippen LogP contribution in [0.4, 0.5) is 5.13 Å². The molecule has 0 spiro atoms. The normalized spacial score (nSPS) is 14.6. The first-order valence-electron chi connectivity index (χ1n) is 13.9. The number of carbonyl (C=O) groups excluding carboxylic acids is 3. The van der Waals surface area contributed by atoms with Crippen LogP contribution < -0.4 is 14.8 Å². The zero-order valence-electron chi connectivity index (χ0n) is 24.3. The minimum Gasteiger partial charge on any atom is -0.480 e. The average Bonchev–Trinajstić information content (AvgIpc) is 3.71. The predicted molar refractivity (Wildman–Crippen MR) is 159 cm³/mol. The molecule has 1 atom stereocenters. The lowest BCUT2D eigenvalue weighted by Crippen LogP contribution is -2.31. The summed E-state index contributed by atoms with van der Waals surface area (Å²) in [5.41, 5.74) is 1.57. The van der Waals surface area contributed by atoms with Crippen LogP contribution in [0.15, 0.2) is 52.3 Å². The van der Waals surface area contributed by atoms with Crippen LogP contribution in [-0.2, 0) is 16.0 Å². The number of likely N-dealkylation sites (tertiary alicyclic amines) is 1. The number of thiazole rings is 1. The van der Waals surface area contributed by atoms with Crippen LogP contribution in [0.1, 0.15) is 42.2 Å². The maximum absolute atomic E-state index is 13.3. The molecule has 1 N–H and O–H groups in total. The topological polar surface area (TPSA) is 140 Å². The Hall–Kier alpha value is -4.78. The van der Waals surface area contributed by atoms with Crippen LogP contribution in [0.3, 0.4) is 0 Å². The third-order valence-corrected chi connectivity index (χ3v) is 7.69. The molecule has 1 saturated heterocycles. The minimum atomic E-state index is -0.654. The highest BCUT2D eigenvalue weighted by Crippen LogP contribution is 2.31. The third-order valence-electron chi connectivity index (χ3n) is 6.88. The molecule has 0 radical (unpaired) electrons. The molecule has 43 heavy (non-hydrogen) atoms. The van der Waals surface area contributed by atoms with Gasteiger partial charge in [-0.2, -0.15) is 0 Å². The van der Waals surface area contributed by atoms with Gasteiger partial charge >= 0.3 is 0 Å². The molecule has 4 aromatic rings. The van der Waals surface area contributed by atoms with E-state index in [1.54, 1.807) is 71.6 Å². The largest absolute Gasteiger partial charge is 0.480 e. The first-order chi connectivity index (χ1) is 20.7. The summed E-state index contributed by atoms with van der Waals surface area (Å²) in [5.74, 6) is 1.43. The zero-order chi connectivity index (χ0) is 30.5. The maximum Gasteiger partial charge on any atom is 0.263 e. The van der Waals surface area contributed by atoms with Gasteiger partial charge in [0.2, 0.25) is 17.7 Å². The number of anilines is 1. The van der Waals surface area contributed by atoms with Gasteiger partial charge in [-0.05, 0) is 50.2 Å². The number of likely N-dealkylation sites (N-methyl/N-ethyl adjacent to an activating group) is 2. The molecule has 0 aliphatic carbocycles. The van der Waals surface area contributed by atoms with Crippen molar-refractivity contribution in [2.45, 2.75) is 39.7 Å². The molecule has 12 nitrogen and oxygen atoms in total. The number of hydrogen-bond acceptors (Lipinski definition) is 10. The number of aryl methyl sites for hydroxylation is 1. The van der Waals surface area contributed by atoms with Crippen molar-refractivity contribution in [3.8, 4) is 28.7 Å². The number of benzene rings is 2. The van der Waals surface area contributed by atoms with Crippen LogP contribution in [0.5, 0.6) is 17.2 Å². The summed E-state index contributed by atoms with van der Waals surface area (Å²) in [6, 6.07) is 11.8. The van der Waals surface area contributed by atoms with E-state index in [2.05, 4.69) is 20.5 Å². The summed E-state index contributed by atoms with van der Waals surface area (Å²) in [4.78, 5) is 46.1. The number of rotatable bonds is 11. The summed E-state index contributed by atoms with van der Waals surface area (Å²) in [7, 11) is 1.72. The minimum absolute atomic E-state index is 0.0211. The second kappa shape index (κ2) is 13.0.